The van der Waals surface area contributed by atoms with Crippen LogP contribution in [0.3, 0.4) is 0 Å². The van der Waals surface area contributed by atoms with Crippen LogP contribution in [-0.4, -0.2) is 45.9 Å². The van der Waals surface area contributed by atoms with Gasteiger partial charge >= 0.3 is 0 Å². The van der Waals surface area contributed by atoms with E-state index in [1.54, 1.807) is 6.20 Å². The number of hydrogen-bond donors (Lipinski definition) is 2. The molecule has 1 amide bonds. The fourth-order valence-corrected chi connectivity index (χ4v) is 5.22. The summed E-state index contributed by atoms with van der Waals surface area (Å²) in [7, 11) is 0. The van der Waals surface area contributed by atoms with Gasteiger partial charge in [-0.25, -0.2) is 4.98 Å². The normalized spacial score (nSPS) is 24.8. The highest BCUT2D eigenvalue weighted by Gasteiger charge is 2.34. The number of carbonyl (C=O) groups is 1. The summed E-state index contributed by atoms with van der Waals surface area (Å²) in [6.45, 7) is 6.66. The van der Waals surface area contributed by atoms with Crippen LogP contribution in [0.15, 0.2) is 30.5 Å². The molecule has 2 aliphatic heterocycles. The van der Waals surface area contributed by atoms with Crippen molar-refractivity contribution < 1.29 is 4.79 Å². The lowest BCUT2D eigenvalue weighted by molar-refractivity contribution is -0.120. The molecule has 2 aliphatic rings. The average Bonchev–Trinajstić information content (AvgIpc) is 3.16. The molecule has 1 fully saturated rings. The number of H-pyrrole nitrogens is 1. The Labute approximate surface area is 179 Å². The number of piperidine rings is 1. The lowest BCUT2D eigenvalue weighted by Crippen LogP contribution is -2.44. The number of para-hydroxylation sites is 1. The van der Waals surface area contributed by atoms with E-state index in [9.17, 15) is 4.79 Å². The maximum absolute atomic E-state index is 13.3. The SMILES string of the molecule is C[C@@H]1CCC[C@H](C)N1CCCCCN1C(=O)C(c2cnc(N)[nH]2)Cc2ccccc21. The summed E-state index contributed by atoms with van der Waals surface area (Å²) < 4.78 is 0. The highest BCUT2D eigenvalue weighted by molar-refractivity contribution is 6.00. The second-order valence-corrected chi connectivity index (χ2v) is 9.03. The number of likely N-dealkylation sites (tertiary alicyclic amines) is 1. The van der Waals surface area contributed by atoms with E-state index in [0.717, 1.165) is 30.8 Å². The number of aromatic amines is 1. The molecule has 2 aromatic rings. The lowest BCUT2D eigenvalue weighted by atomic mass is 9.89. The topological polar surface area (TPSA) is 78.2 Å². The monoisotopic (exact) mass is 409 g/mol. The number of nitrogens with one attached hydrogen (secondary N) is 1. The molecular weight excluding hydrogens is 374 g/mol. The third kappa shape index (κ3) is 4.38. The number of fused-ring (bicyclic) bond motifs is 1. The van der Waals surface area contributed by atoms with Gasteiger partial charge in [-0.2, -0.15) is 0 Å². The molecule has 162 valence electrons. The van der Waals surface area contributed by atoms with Crippen molar-refractivity contribution in [2.75, 3.05) is 23.7 Å². The number of anilines is 2. The van der Waals surface area contributed by atoms with E-state index in [2.05, 4.69) is 40.8 Å². The predicted molar refractivity (Wildman–Crippen MR) is 122 cm³/mol. The van der Waals surface area contributed by atoms with E-state index in [-0.39, 0.29) is 11.8 Å². The molecule has 3 N–H and O–H groups in total. The molecule has 3 heterocycles. The van der Waals surface area contributed by atoms with Gasteiger partial charge in [-0.05, 0) is 64.1 Å². The Kier molecular flexibility index (Phi) is 6.42. The predicted octanol–water partition coefficient (Wildman–Crippen LogP) is 4.10. The number of nitrogen functional groups attached to an aromatic ring is 1. The Bertz CT molecular complexity index is 853. The van der Waals surface area contributed by atoms with E-state index in [1.165, 1.54) is 37.8 Å². The van der Waals surface area contributed by atoms with Gasteiger partial charge in [0.15, 0.2) is 5.95 Å². The van der Waals surface area contributed by atoms with E-state index < -0.39 is 0 Å². The quantitative estimate of drug-likeness (QED) is 0.675. The van der Waals surface area contributed by atoms with Gasteiger partial charge < -0.3 is 15.6 Å². The number of aromatic nitrogens is 2. The van der Waals surface area contributed by atoms with Crippen molar-refractivity contribution in [2.24, 2.45) is 0 Å². The van der Waals surface area contributed by atoms with Gasteiger partial charge in [-0.1, -0.05) is 31.0 Å². The van der Waals surface area contributed by atoms with Crippen LogP contribution in [0.25, 0.3) is 0 Å². The Balaban J connectivity index is 1.37. The molecule has 4 rings (SSSR count). The molecule has 3 atom stereocenters. The molecule has 1 saturated heterocycles. The summed E-state index contributed by atoms with van der Waals surface area (Å²) in [6.07, 6.45) is 9.75. The minimum atomic E-state index is -0.236. The number of hydrogen-bond acceptors (Lipinski definition) is 4. The highest BCUT2D eigenvalue weighted by Crippen LogP contribution is 2.35. The number of carbonyl (C=O) groups excluding carboxylic acids is 1. The molecule has 0 saturated carbocycles. The summed E-state index contributed by atoms with van der Waals surface area (Å²) in [4.78, 5) is 25.1. The van der Waals surface area contributed by atoms with Crippen molar-refractivity contribution in [1.82, 2.24) is 14.9 Å². The summed E-state index contributed by atoms with van der Waals surface area (Å²) in [6, 6.07) is 9.67. The summed E-state index contributed by atoms with van der Waals surface area (Å²) in [5.74, 6) is 0.278. The largest absolute Gasteiger partial charge is 0.369 e. The van der Waals surface area contributed by atoms with Gasteiger partial charge in [0.25, 0.3) is 0 Å². The Morgan fingerprint density at radius 2 is 1.83 bits per heavy atom. The number of nitrogens with zero attached hydrogens (tertiary/aromatic N) is 3. The highest BCUT2D eigenvalue weighted by atomic mass is 16.2. The standard InChI is InChI=1S/C24H35N5O/c1-17-9-8-10-18(2)28(17)13-6-3-7-14-29-22-12-5-4-11-19(22)15-20(23(29)30)21-16-26-24(25)27-21/h4-5,11-12,16-18,20H,3,6-10,13-15H2,1-2H3,(H3,25,26,27)/t17-,18+,20?. The first-order valence-electron chi connectivity index (χ1n) is 11.5. The van der Waals surface area contributed by atoms with Crippen LogP contribution in [0.1, 0.15) is 69.5 Å². The minimum absolute atomic E-state index is 0.149. The van der Waals surface area contributed by atoms with Crippen molar-refractivity contribution in [2.45, 2.75) is 76.8 Å². The molecule has 6 heteroatoms. The van der Waals surface area contributed by atoms with Gasteiger partial charge in [0, 0.05) is 30.0 Å². The molecule has 0 bridgehead atoms. The van der Waals surface area contributed by atoms with Crippen LogP contribution in [0, 0.1) is 0 Å². The zero-order valence-electron chi connectivity index (χ0n) is 18.3. The van der Waals surface area contributed by atoms with Gasteiger partial charge in [-0.3, -0.25) is 9.69 Å². The van der Waals surface area contributed by atoms with E-state index in [0.29, 0.717) is 24.5 Å². The number of imidazole rings is 1. The first-order valence-corrected chi connectivity index (χ1v) is 11.5. The van der Waals surface area contributed by atoms with E-state index in [4.69, 9.17) is 5.73 Å². The van der Waals surface area contributed by atoms with Crippen molar-refractivity contribution >= 4 is 17.5 Å². The van der Waals surface area contributed by atoms with Crippen molar-refractivity contribution in [1.29, 1.82) is 0 Å². The second-order valence-electron chi connectivity index (χ2n) is 9.03. The first-order chi connectivity index (χ1) is 14.5. The summed E-state index contributed by atoms with van der Waals surface area (Å²) in [5, 5.41) is 0. The summed E-state index contributed by atoms with van der Waals surface area (Å²) in [5.41, 5.74) is 8.84. The van der Waals surface area contributed by atoms with E-state index in [1.807, 2.05) is 17.0 Å². The van der Waals surface area contributed by atoms with Gasteiger partial charge in [-0.15, -0.1) is 0 Å². The Hall–Kier alpha value is -2.34. The van der Waals surface area contributed by atoms with Crippen LogP contribution in [0.4, 0.5) is 11.6 Å². The van der Waals surface area contributed by atoms with Crippen LogP contribution in [0.2, 0.25) is 0 Å². The molecule has 1 aromatic carbocycles. The molecule has 0 aliphatic carbocycles. The van der Waals surface area contributed by atoms with Gasteiger partial charge in [0.05, 0.1) is 12.1 Å². The molecule has 0 radical (unpaired) electrons. The fraction of sp³-hybridized carbons (Fsp3) is 0.583. The minimum Gasteiger partial charge on any atom is -0.369 e. The number of nitrogens with two attached hydrogens (primary N) is 1. The zero-order chi connectivity index (χ0) is 21.1. The molecule has 6 nitrogen and oxygen atoms in total. The van der Waals surface area contributed by atoms with Crippen molar-refractivity contribution in [3.05, 3.63) is 41.7 Å². The van der Waals surface area contributed by atoms with Gasteiger partial charge in [0.1, 0.15) is 0 Å². The molecule has 1 aromatic heterocycles. The molecule has 0 spiro atoms. The van der Waals surface area contributed by atoms with Crippen molar-refractivity contribution in [3.8, 4) is 0 Å². The number of unbranched alkanes of at least 4 members (excludes halogenated alkanes) is 2. The molecular formula is C24H35N5O. The number of rotatable bonds is 7. The third-order valence-electron chi connectivity index (χ3n) is 6.94. The molecule has 1 unspecified atom stereocenters. The van der Waals surface area contributed by atoms with Crippen LogP contribution < -0.4 is 10.6 Å². The maximum atomic E-state index is 13.3. The van der Waals surface area contributed by atoms with Crippen LogP contribution in [0.5, 0.6) is 0 Å². The Morgan fingerprint density at radius 3 is 2.57 bits per heavy atom. The Morgan fingerprint density at radius 1 is 1.10 bits per heavy atom. The maximum Gasteiger partial charge on any atom is 0.236 e. The van der Waals surface area contributed by atoms with E-state index >= 15 is 0 Å². The third-order valence-corrected chi connectivity index (χ3v) is 6.94. The van der Waals surface area contributed by atoms with Crippen LogP contribution in [-0.2, 0) is 11.2 Å². The fourth-order valence-electron chi connectivity index (χ4n) is 5.22. The van der Waals surface area contributed by atoms with Gasteiger partial charge in [0.2, 0.25) is 5.91 Å². The zero-order valence-corrected chi connectivity index (χ0v) is 18.3. The molecule has 30 heavy (non-hydrogen) atoms. The first kappa shape index (κ1) is 20.9. The average molecular weight is 410 g/mol. The number of amides is 1. The van der Waals surface area contributed by atoms with Crippen LogP contribution >= 0.6 is 0 Å². The number of benzene rings is 1. The smallest absolute Gasteiger partial charge is 0.236 e. The van der Waals surface area contributed by atoms with Crippen molar-refractivity contribution in [3.63, 3.8) is 0 Å². The lowest BCUT2D eigenvalue weighted by Gasteiger charge is -2.39. The second kappa shape index (κ2) is 9.21. The summed E-state index contributed by atoms with van der Waals surface area (Å²) >= 11 is 0.